The molecule has 5 heterocycles. The number of aromatic nitrogens is 3. The zero-order valence-corrected chi connectivity index (χ0v) is 21.3. The number of nitrogens with two attached hydrogens (primary N) is 1. The Kier molecular flexibility index (Phi) is 6.27. The number of carbonyl (C=O) groups is 1. The zero-order valence-electron chi connectivity index (χ0n) is 21.3. The minimum Gasteiger partial charge on any atom is -0.460 e. The summed E-state index contributed by atoms with van der Waals surface area (Å²) in [7, 11) is 0. The molecule has 35 heavy (non-hydrogen) atoms. The van der Waals surface area contributed by atoms with E-state index in [1.165, 1.54) is 6.33 Å². The van der Waals surface area contributed by atoms with E-state index < -0.39 is 11.4 Å². The lowest BCUT2D eigenvalue weighted by Crippen LogP contribution is -2.42. The smallest absolute Gasteiger partial charge is 0.306 e. The SMILES string of the molecule is CC(C)(C)OC(=O)CCC1CCCN1C[C@H]1O[C@@H](n2ccc3c(N)ncnc32)[C@@H]2OC(C)(C)O[C@@H]21. The molecule has 5 rings (SSSR count). The first-order valence-electron chi connectivity index (χ1n) is 12.5. The summed E-state index contributed by atoms with van der Waals surface area (Å²) in [5.74, 6) is -0.404. The fourth-order valence-corrected chi connectivity index (χ4v) is 5.60. The highest BCUT2D eigenvalue weighted by molar-refractivity contribution is 5.86. The highest BCUT2D eigenvalue weighted by Gasteiger charge is 2.56. The number of carbonyl (C=O) groups excluding carboxylic acids is 1. The molecule has 2 aromatic rings. The van der Waals surface area contributed by atoms with Crippen molar-refractivity contribution < 1.29 is 23.7 Å². The van der Waals surface area contributed by atoms with E-state index in [0.717, 1.165) is 31.2 Å². The van der Waals surface area contributed by atoms with E-state index in [9.17, 15) is 4.79 Å². The molecule has 2 N–H and O–H groups in total. The predicted molar refractivity (Wildman–Crippen MR) is 129 cm³/mol. The van der Waals surface area contributed by atoms with Crippen LogP contribution in [0.4, 0.5) is 5.82 Å². The minimum atomic E-state index is -0.701. The number of nitrogens with zero attached hydrogens (tertiary/aromatic N) is 4. The van der Waals surface area contributed by atoms with Gasteiger partial charge < -0.3 is 29.2 Å². The molecule has 3 aliphatic rings. The number of esters is 1. The first kappa shape index (κ1) is 24.4. The van der Waals surface area contributed by atoms with Crippen LogP contribution in [-0.4, -0.2) is 74.2 Å². The van der Waals surface area contributed by atoms with Crippen molar-refractivity contribution in [3.8, 4) is 0 Å². The van der Waals surface area contributed by atoms with E-state index in [1.807, 2.05) is 51.4 Å². The van der Waals surface area contributed by atoms with Crippen molar-refractivity contribution in [2.24, 2.45) is 0 Å². The Balaban J connectivity index is 1.30. The van der Waals surface area contributed by atoms with Crippen LogP contribution in [0.1, 0.15) is 66.5 Å². The summed E-state index contributed by atoms with van der Waals surface area (Å²) < 4.78 is 26.7. The normalized spacial score (nSPS) is 30.7. The minimum absolute atomic E-state index is 0.142. The monoisotopic (exact) mass is 487 g/mol. The van der Waals surface area contributed by atoms with Crippen molar-refractivity contribution in [2.75, 3.05) is 18.8 Å². The lowest BCUT2D eigenvalue weighted by Gasteiger charge is -2.30. The van der Waals surface area contributed by atoms with Gasteiger partial charge in [-0.2, -0.15) is 0 Å². The quantitative estimate of drug-likeness (QED) is 0.614. The number of likely N-dealkylation sites (tertiary alicyclic amines) is 1. The molecule has 0 aliphatic carbocycles. The van der Waals surface area contributed by atoms with E-state index >= 15 is 0 Å². The first-order chi connectivity index (χ1) is 16.5. The molecule has 0 bridgehead atoms. The lowest BCUT2D eigenvalue weighted by molar-refractivity contribution is -0.198. The number of ether oxygens (including phenoxy) is 4. The van der Waals surface area contributed by atoms with Crippen molar-refractivity contribution in [2.45, 2.75) is 102 Å². The van der Waals surface area contributed by atoms with Gasteiger partial charge in [0, 0.05) is 25.2 Å². The highest BCUT2D eigenvalue weighted by Crippen LogP contribution is 2.44. The molecule has 2 aromatic heterocycles. The van der Waals surface area contributed by atoms with Gasteiger partial charge in [-0.15, -0.1) is 0 Å². The molecule has 1 unspecified atom stereocenters. The summed E-state index contributed by atoms with van der Waals surface area (Å²) in [4.78, 5) is 23.2. The van der Waals surface area contributed by atoms with Crippen molar-refractivity contribution in [1.82, 2.24) is 19.4 Å². The summed E-state index contributed by atoms with van der Waals surface area (Å²) in [5.41, 5.74) is 6.31. The van der Waals surface area contributed by atoms with E-state index in [0.29, 0.717) is 30.5 Å². The number of hydrogen-bond donors (Lipinski definition) is 1. The third kappa shape index (κ3) is 5.02. The Bertz CT molecular complexity index is 1080. The van der Waals surface area contributed by atoms with E-state index in [-0.39, 0.29) is 30.5 Å². The molecule has 3 saturated heterocycles. The fraction of sp³-hybridized carbons (Fsp3) is 0.720. The fourth-order valence-electron chi connectivity index (χ4n) is 5.60. The van der Waals surface area contributed by atoms with Gasteiger partial charge in [0.2, 0.25) is 0 Å². The molecule has 10 heteroatoms. The van der Waals surface area contributed by atoms with E-state index in [4.69, 9.17) is 24.7 Å². The Morgan fingerprint density at radius 1 is 1.26 bits per heavy atom. The maximum absolute atomic E-state index is 12.3. The summed E-state index contributed by atoms with van der Waals surface area (Å²) in [6, 6.07) is 2.23. The average Bonchev–Trinajstić information content (AvgIpc) is 3.50. The number of hydrogen-bond acceptors (Lipinski definition) is 9. The van der Waals surface area contributed by atoms with Crippen molar-refractivity contribution in [1.29, 1.82) is 0 Å². The van der Waals surface area contributed by atoms with Crippen LogP contribution in [0.25, 0.3) is 11.0 Å². The maximum atomic E-state index is 12.3. The summed E-state index contributed by atoms with van der Waals surface area (Å²) >= 11 is 0. The summed E-state index contributed by atoms with van der Waals surface area (Å²) in [5, 5.41) is 0.788. The van der Waals surface area contributed by atoms with Gasteiger partial charge in [0.1, 0.15) is 41.7 Å². The van der Waals surface area contributed by atoms with Crippen molar-refractivity contribution in [3.63, 3.8) is 0 Å². The molecule has 0 radical (unpaired) electrons. The van der Waals surface area contributed by atoms with Gasteiger partial charge in [0.15, 0.2) is 12.0 Å². The molecule has 0 aromatic carbocycles. The molecular weight excluding hydrogens is 450 g/mol. The Morgan fingerprint density at radius 2 is 2.03 bits per heavy atom. The predicted octanol–water partition coefficient (Wildman–Crippen LogP) is 3.02. The van der Waals surface area contributed by atoms with Gasteiger partial charge in [-0.25, -0.2) is 9.97 Å². The molecule has 3 fully saturated rings. The Morgan fingerprint density at radius 3 is 2.80 bits per heavy atom. The third-order valence-electron chi connectivity index (χ3n) is 6.95. The summed E-state index contributed by atoms with van der Waals surface area (Å²) in [6.07, 6.45) is 5.71. The highest BCUT2D eigenvalue weighted by atomic mass is 16.8. The van der Waals surface area contributed by atoms with Crippen LogP contribution in [0.15, 0.2) is 18.6 Å². The molecule has 0 saturated carbocycles. The lowest BCUT2D eigenvalue weighted by atomic mass is 10.1. The third-order valence-corrected chi connectivity index (χ3v) is 6.95. The molecule has 3 aliphatic heterocycles. The Labute approximate surface area is 206 Å². The molecule has 10 nitrogen and oxygen atoms in total. The second kappa shape index (κ2) is 8.99. The molecule has 192 valence electrons. The molecule has 5 atom stereocenters. The van der Waals surface area contributed by atoms with Gasteiger partial charge in [0.05, 0.1) is 5.39 Å². The topological polar surface area (TPSA) is 114 Å². The van der Waals surface area contributed by atoms with Crippen LogP contribution in [0.3, 0.4) is 0 Å². The van der Waals surface area contributed by atoms with Crippen LogP contribution in [0, 0.1) is 0 Å². The van der Waals surface area contributed by atoms with Gasteiger partial charge in [-0.1, -0.05) is 0 Å². The van der Waals surface area contributed by atoms with Crippen molar-refractivity contribution >= 4 is 22.8 Å². The number of nitrogen functional groups attached to an aromatic ring is 1. The standard InChI is InChI=1S/C25H37N5O5/c1-24(2,3)33-18(31)9-8-15-7-6-11-29(15)13-17-19-20(35-25(4,5)34-19)23(32-17)30-12-10-16-21(26)27-14-28-22(16)30/h10,12,14-15,17,19-20,23H,6-9,11,13H2,1-5H3,(H2,26,27,28)/t15?,17-,19-,20-,23-/m1/s1. The van der Waals surface area contributed by atoms with Crippen LogP contribution >= 0.6 is 0 Å². The number of rotatable bonds is 6. The van der Waals surface area contributed by atoms with Gasteiger partial charge in [-0.3, -0.25) is 9.69 Å². The molecule has 0 amide bonds. The second-order valence-corrected chi connectivity index (χ2v) is 11.3. The van der Waals surface area contributed by atoms with Gasteiger partial charge in [0.25, 0.3) is 0 Å². The van der Waals surface area contributed by atoms with E-state index in [1.54, 1.807) is 0 Å². The average molecular weight is 488 g/mol. The van der Waals surface area contributed by atoms with Crippen LogP contribution in [0.5, 0.6) is 0 Å². The molecule has 0 spiro atoms. The first-order valence-corrected chi connectivity index (χ1v) is 12.5. The maximum Gasteiger partial charge on any atom is 0.306 e. The van der Waals surface area contributed by atoms with Crippen LogP contribution < -0.4 is 5.73 Å². The molecular formula is C25H37N5O5. The van der Waals surface area contributed by atoms with Gasteiger partial charge >= 0.3 is 5.97 Å². The largest absolute Gasteiger partial charge is 0.460 e. The van der Waals surface area contributed by atoms with Crippen molar-refractivity contribution in [3.05, 3.63) is 18.6 Å². The number of anilines is 1. The number of fused-ring (bicyclic) bond motifs is 2. The second-order valence-electron chi connectivity index (χ2n) is 11.3. The Hall–Kier alpha value is -2.27. The van der Waals surface area contributed by atoms with Crippen LogP contribution in [0.2, 0.25) is 0 Å². The van der Waals surface area contributed by atoms with Crippen LogP contribution in [-0.2, 0) is 23.7 Å². The zero-order chi connectivity index (χ0) is 25.0. The van der Waals surface area contributed by atoms with E-state index in [2.05, 4.69) is 14.9 Å². The summed E-state index contributed by atoms with van der Waals surface area (Å²) in [6.45, 7) is 11.3. The van der Waals surface area contributed by atoms with Gasteiger partial charge in [-0.05, 0) is 66.5 Å².